The summed E-state index contributed by atoms with van der Waals surface area (Å²) in [5.41, 5.74) is 0.127. The quantitative estimate of drug-likeness (QED) is 0.808. The summed E-state index contributed by atoms with van der Waals surface area (Å²) in [6.07, 6.45) is 0. The molecule has 1 heterocycles. The normalized spacial score (nSPS) is 10.5. The van der Waals surface area contributed by atoms with Gasteiger partial charge in [-0.1, -0.05) is 29.3 Å². The lowest BCUT2D eigenvalue weighted by molar-refractivity contribution is 0.869. The smallest absolute Gasteiger partial charge is 0.297 e. The molecule has 0 amide bonds. The number of nitrogens with one attached hydrogen (secondary N) is 1. The minimum atomic E-state index is -0.590. The third-order valence-corrected chi connectivity index (χ3v) is 2.75. The molecule has 88 valence electrons. The molecule has 6 heteroatoms. The molecule has 0 aliphatic heterocycles. The minimum Gasteiger partial charge on any atom is -0.297 e. The SMILES string of the molecule is Cc1ccc(Cl)cc1-n1c(=O)cc(Cl)[nH]c1=O. The van der Waals surface area contributed by atoms with Crippen LogP contribution in [0.4, 0.5) is 0 Å². The standard InChI is InChI=1S/C11H8Cl2N2O2/c1-6-2-3-7(12)4-8(6)15-10(16)5-9(13)14-11(15)17/h2-5H,1H3,(H,14,17). The Morgan fingerprint density at radius 3 is 2.53 bits per heavy atom. The third-order valence-electron chi connectivity index (χ3n) is 2.31. The molecule has 0 aliphatic rings. The Bertz CT molecular complexity index is 657. The highest BCUT2D eigenvalue weighted by molar-refractivity contribution is 6.30. The van der Waals surface area contributed by atoms with Crippen LogP contribution in [0.5, 0.6) is 0 Å². The van der Waals surface area contributed by atoms with E-state index in [1.54, 1.807) is 25.1 Å². The van der Waals surface area contributed by atoms with Crippen LogP contribution in [-0.2, 0) is 0 Å². The van der Waals surface area contributed by atoms with Crippen LogP contribution in [0.1, 0.15) is 5.56 Å². The molecular weight excluding hydrogens is 263 g/mol. The molecule has 1 aromatic heterocycles. The van der Waals surface area contributed by atoms with Gasteiger partial charge in [-0.25, -0.2) is 9.36 Å². The number of hydrogen-bond donors (Lipinski definition) is 1. The highest BCUT2D eigenvalue weighted by Gasteiger charge is 2.08. The van der Waals surface area contributed by atoms with E-state index in [1.807, 2.05) is 0 Å². The monoisotopic (exact) mass is 270 g/mol. The fourth-order valence-corrected chi connectivity index (χ4v) is 1.86. The molecule has 1 aromatic carbocycles. The molecule has 0 spiro atoms. The molecule has 2 rings (SSSR count). The Hall–Kier alpha value is -1.52. The molecule has 0 saturated heterocycles. The summed E-state index contributed by atoms with van der Waals surface area (Å²) in [5.74, 6) is 0. The Morgan fingerprint density at radius 1 is 1.18 bits per heavy atom. The third kappa shape index (κ3) is 2.28. The van der Waals surface area contributed by atoms with E-state index in [0.29, 0.717) is 10.7 Å². The van der Waals surface area contributed by atoms with Gasteiger partial charge < -0.3 is 0 Å². The number of nitrogens with zero attached hydrogens (tertiary/aromatic N) is 1. The number of aromatic nitrogens is 2. The lowest BCUT2D eigenvalue weighted by Crippen LogP contribution is -2.33. The Labute approximate surface area is 106 Å². The lowest BCUT2D eigenvalue weighted by atomic mass is 10.2. The van der Waals surface area contributed by atoms with Crippen molar-refractivity contribution in [3.05, 3.63) is 60.8 Å². The van der Waals surface area contributed by atoms with Crippen LogP contribution in [0.15, 0.2) is 33.9 Å². The summed E-state index contributed by atoms with van der Waals surface area (Å²) in [6.45, 7) is 1.78. The van der Waals surface area contributed by atoms with Gasteiger partial charge in [-0.2, -0.15) is 0 Å². The van der Waals surface area contributed by atoms with Crippen LogP contribution in [0.3, 0.4) is 0 Å². The van der Waals surface area contributed by atoms with Crippen LogP contribution in [0.2, 0.25) is 10.2 Å². The average molecular weight is 271 g/mol. The first-order valence-corrected chi connectivity index (χ1v) is 5.53. The number of halogens is 2. The van der Waals surface area contributed by atoms with Crippen LogP contribution in [0, 0.1) is 6.92 Å². The fourth-order valence-electron chi connectivity index (χ4n) is 1.52. The van der Waals surface area contributed by atoms with E-state index >= 15 is 0 Å². The molecule has 0 saturated carbocycles. The van der Waals surface area contributed by atoms with Crippen LogP contribution in [0.25, 0.3) is 5.69 Å². The van der Waals surface area contributed by atoms with E-state index in [4.69, 9.17) is 23.2 Å². The summed E-state index contributed by atoms with van der Waals surface area (Å²) in [6, 6.07) is 6.12. The van der Waals surface area contributed by atoms with Crippen molar-refractivity contribution in [2.24, 2.45) is 0 Å². The van der Waals surface area contributed by atoms with Gasteiger partial charge in [0.1, 0.15) is 5.15 Å². The number of hydrogen-bond acceptors (Lipinski definition) is 2. The predicted octanol–water partition coefficient (Wildman–Crippen LogP) is 2.14. The fraction of sp³-hybridized carbons (Fsp3) is 0.0909. The van der Waals surface area contributed by atoms with Crippen LogP contribution < -0.4 is 11.2 Å². The lowest BCUT2D eigenvalue weighted by Gasteiger charge is -2.08. The molecule has 0 bridgehead atoms. The topological polar surface area (TPSA) is 54.9 Å². The van der Waals surface area contributed by atoms with Gasteiger partial charge in [0, 0.05) is 11.1 Å². The van der Waals surface area contributed by atoms with Crippen molar-refractivity contribution < 1.29 is 0 Å². The summed E-state index contributed by atoms with van der Waals surface area (Å²) < 4.78 is 0.993. The van der Waals surface area contributed by atoms with Crippen molar-refractivity contribution in [3.63, 3.8) is 0 Å². The van der Waals surface area contributed by atoms with Crippen LogP contribution >= 0.6 is 23.2 Å². The molecule has 0 radical (unpaired) electrons. The second-order valence-electron chi connectivity index (χ2n) is 3.53. The number of benzene rings is 1. The van der Waals surface area contributed by atoms with Gasteiger partial charge in [-0.3, -0.25) is 9.78 Å². The van der Waals surface area contributed by atoms with Crippen LogP contribution in [-0.4, -0.2) is 9.55 Å². The van der Waals surface area contributed by atoms with Crippen molar-refractivity contribution in [3.8, 4) is 5.69 Å². The molecule has 0 unspecified atom stereocenters. The summed E-state index contributed by atoms with van der Waals surface area (Å²) in [5, 5.41) is 0.461. The zero-order chi connectivity index (χ0) is 12.6. The van der Waals surface area contributed by atoms with Gasteiger partial charge >= 0.3 is 5.69 Å². The van der Waals surface area contributed by atoms with Gasteiger partial charge in [0.15, 0.2) is 0 Å². The first-order valence-electron chi connectivity index (χ1n) is 4.77. The van der Waals surface area contributed by atoms with Crippen molar-refractivity contribution in [1.82, 2.24) is 9.55 Å². The maximum absolute atomic E-state index is 11.7. The first-order chi connectivity index (χ1) is 7.99. The zero-order valence-corrected chi connectivity index (χ0v) is 10.3. The van der Waals surface area contributed by atoms with Crippen molar-refractivity contribution in [1.29, 1.82) is 0 Å². The second-order valence-corrected chi connectivity index (χ2v) is 4.37. The highest BCUT2D eigenvalue weighted by atomic mass is 35.5. The summed E-state index contributed by atoms with van der Waals surface area (Å²) in [7, 11) is 0. The van der Waals surface area contributed by atoms with Gasteiger partial charge in [-0.15, -0.1) is 0 Å². The van der Waals surface area contributed by atoms with Crippen molar-refractivity contribution in [2.75, 3.05) is 0 Å². The van der Waals surface area contributed by atoms with E-state index in [-0.39, 0.29) is 5.15 Å². The first kappa shape index (κ1) is 12.0. The van der Waals surface area contributed by atoms with Gasteiger partial charge in [0.2, 0.25) is 0 Å². The second kappa shape index (κ2) is 4.39. The molecule has 17 heavy (non-hydrogen) atoms. The van der Waals surface area contributed by atoms with Gasteiger partial charge in [0.05, 0.1) is 5.69 Å². The number of H-pyrrole nitrogens is 1. The Morgan fingerprint density at radius 2 is 1.88 bits per heavy atom. The van der Waals surface area contributed by atoms with Gasteiger partial charge in [0.25, 0.3) is 5.56 Å². The number of rotatable bonds is 1. The van der Waals surface area contributed by atoms with E-state index in [9.17, 15) is 9.59 Å². The molecule has 0 aliphatic carbocycles. The Kier molecular flexibility index (Phi) is 3.09. The summed E-state index contributed by atoms with van der Waals surface area (Å²) in [4.78, 5) is 25.8. The molecular formula is C11H8Cl2N2O2. The van der Waals surface area contributed by atoms with E-state index in [1.165, 1.54) is 0 Å². The highest BCUT2D eigenvalue weighted by Crippen LogP contribution is 2.17. The van der Waals surface area contributed by atoms with E-state index in [2.05, 4.69) is 4.98 Å². The Balaban J connectivity index is 2.82. The van der Waals surface area contributed by atoms with Crippen molar-refractivity contribution >= 4 is 23.2 Å². The summed E-state index contributed by atoms with van der Waals surface area (Å²) >= 11 is 11.4. The largest absolute Gasteiger partial charge is 0.334 e. The molecule has 4 nitrogen and oxygen atoms in total. The van der Waals surface area contributed by atoms with E-state index < -0.39 is 11.2 Å². The molecule has 0 atom stereocenters. The average Bonchev–Trinajstić information content (AvgIpc) is 2.21. The van der Waals surface area contributed by atoms with Gasteiger partial charge in [-0.05, 0) is 24.6 Å². The number of aryl methyl sites for hydroxylation is 1. The zero-order valence-electron chi connectivity index (χ0n) is 8.83. The maximum Gasteiger partial charge on any atom is 0.334 e. The van der Waals surface area contributed by atoms with Crippen molar-refractivity contribution in [2.45, 2.75) is 6.92 Å². The molecule has 2 aromatic rings. The number of aromatic amines is 1. The maximum atomic E-state index is 11.7. The minimum absolute atomic E-state index is 0.0101. The van der Waals surface area contributed by atoms with E-state index in [0.717, 1.165) is 16.2 Å². The molecule has 1 N–H and O–H groups in total. The predicted molar refractivity (Wildman–Crippen MR) is 67.4 cm³/mol. The molecule has 0 fully saturated rings.